The molecular weight excluding hydrogens is 390 g/mol. The number of Topliss-reactive ketones (excluding diaryl/α,β-unsaturated/α-hetero) is 1. The fraction of sp³-hybridized carbons (Fsp3) is 0.333. The third-order valence-electron chi connectivity index (χ3n) is 4.29. The second-order valence-electron chi connectivity index (χ2n) is 6.52. The van der Waals surface area contributed by atoms with E-state index in [9.17, 15) is 19.2 Å². The van der Waals surface area contributed by atoms with E-state index in [0.717, 1.165) is 0 Å². The predicted molar refractivity (Wildman–Crippen MR) is 110 cm³/mol. The van der Waals surface area contributed by atoms with Crippen LogP contribution < -0.4 is 15.4 Å². The van der Waals surface area contributed by atoms with E-state index >= 15 is 0 Å². The molecule has 3 N–H and O–H groups in total. The minimum absolute atomic E-state index is 0.0967. The molecule has 1 aromatic carbocycles. The molecule has 1 aromatic heterocycles. The number of hydrogen-bond acceptors (Lipinski definition) is 6. The fourth-order valence-electron chi connectivity index (χ4n) is 2.92. The molecule has 9 heteroatoms. The fourth-order valence-corrected chi connectivity index (χ4v) is 2.92. The van der Waals surface area contributed by atoms with Gasteiger partial charge in [-0.15, -0.1) is 0 Å². The molecule has 0 aliphatic rings. The third kappa shape index (κ3) is 5.69. The molecule has 2 aromatic rings. The number of carbonyl (C=O) groups excluding carboxylic acids is 4. The highest BCUT2D eigenvalue weighted by Crippen LogP contribution is 2.21. The van der Waals surface area contributed by atoms with Crippen LogP contribution in [0.1, 0.15) is 46.0 Å². The van der Waals surface area contributed by atoms with Gasteiger partial charge in [0.15, 0.2) is 12.4 Å². The van der Waals surface area contributed by atoms with Gasteiger partial charge in [-0.2, -0.15) is 0 Å². The van der Waals surface area contributed by atoms with Gasteiger partial charge in [0.1, 0.15) is 5.75 Å². The van der Waals surface area contributed by atoms with Gasteiger partial charge in [-0.3, -0.25) is 14.4 Å². The maximum atomic E-state index is 12.5. The van der Waals surface area contributed by atoms with Gasteiger partial charge >= 0.3 is 5.97 Å². The SMILES string of the molecule is CCNC(=O)COc1ccc(NC(=O)Cc2[nH]c(C(C)=O)c(C)c2C(=O)OC)cc1. The molecule has 160 valence electrons. The number of H-pyrrole nitrogens is 1. The van der Waals surface area contributed by atoms with Crippen LogP contribution in [-0.4, -0.2) is 48.8 Å². The predicted octanol–water partition coefficient (Wildman–Crippen LogP) is 2.01. The summed E-state index contributed by atoms with van der Waals surface area (Å²) in [6.07, 6.45) is -0.145. The van der Waals surface area contributed by atoms with E-state index in [1.807, 2.05) is 6.92 Å². The Hall–Kier alpha value is -3.62. The van der Waals surface area contributed by atoms with Crippen molar-refractivity contribution in [3.05, 3.63) is 46.8 Å². The van der Waals surface area contributed by atoms with Crippen molar-refractivity contribution >= 4 is 29.3 Å². The summed E-state index contributed by atoms with van der Waals surface area (Å²) in [7, 11) is 1.24. The van der Waals surface area contributed by atoms with E-state index in [1.165, 1.54) is 14.0 Å². The highest BCUT2D eigenvalue weighted by molar-refractivity contribution is 6.02. The molecule has 0 radical (unpaired) electrons. The number of benzene rings is 1. The monoisotopic (exact) mass is 415 g/mol. The molecule has 1 heterocycles. The molecule has 0 saturated carbocycles. The number of ether oxygens (including phenoxy) is 2. The topological polar surface area (TPSA) is 127 Å². The zero-order chi connectivity index (χ0) is 22.3. The molecule has 0 atom stereocenters. The van der Waals surface area contributed by atoms with Crippen LogP contribution in [0.4, 0.5) is 5.69 Å². The Morgan fingerprint density at radius 3 is 2.30 bits per heavy atom. The number of methoxy groups -OCH3 is 1. The van der Waals surface area contributed by atoms with E-state index in [2.05, 4.69) is 15.6 Å². The molecule has 0 aliphatic carbocycles. The van der Waals surface area contributed by atoms with Crippen molar-refractivity contribution in [3.8, 4) is 5.75 Å². The van der Waals surface area contributed by atoms with Crippen molar-refractivity contribution in [2.45, 2.75) is 27.2 Å². The summed E-state index contributed by atoms with van der Waals surface area (Å²) >= 11 is 0. The summed E-state index contributed by atoms with van der Waals surface area (Å²) in [5.74, 6) is -0.978. The van der Waals surface area contributed by atoms with Crippen LogP contribution >= 0.6 is 0 Å². The average molecular weight is 415 g/mol. The van der Waals surface area contributed by atoms with Gasteiger partial charge in [0.2, 0.25) is 5.91 Å². The van der Waals surface area contributed by atoms with Crippen LogP contribution in [0.25, 0.3) is 0 Å². The normalized spacial score (nSPS) is 10.3. The van der Waals surface area contributed by atoms with E-state index in [1.54, 1.807) is 31.2 Å². The molecule has 9 nitrogen and oxygen atoms in total. The van der Waals surface area contributed by atoms with E-state index in [-0.39, 0.29) is 41.9 Å². The maximum Gasteiger partial charge on any atom is 0.339 e. The van der Waals surface area contributed by atoms with Crippen molar-refractivity contribution in [2.75, 3.05) is 25.6 Å². The van der Waals surface area contributed by atoms with Crippen LogP contribution in [0.15, 0.2) is 24.3 Å². The van der Waals surface area contributed by atoms with Gasteiger partial charge in [0, 0.05) is 24.8 Å². The lowest BCUT2D eigenvalue weighted by Gasteiger charge is -2.09. The van der Waals surface area contributed by atoms with Gasteiger partial charge < -0.3 is 25.1 Å². The molecular formula is C21H25N3O6. The first-order chi connectivity index (χ1) is 14.3. The number of esters is 1. The van der Waals surface area contributed by atoms with Gasteiger partial charge in [-0.1, -0.05) is 0 Å². The zero-order valence-electron chi connectivity index (χ0n) is 17.4. The minimum Gasteiger partial charge on any atom is -0.484 e. The molecule has 0 fully saturated rings. The van der Waals surface area contributed by atoms with E-state index in [4.69, 9.17) is 9.47 Å². The molecule has 0 aliphatic heterocycles. The molecule has 30 heavy (non-hydrogen) atoms. The Kier molecular flexibility index (Phi) is 7.74. The number of rotatable bonds is 9. The van der Waals surface area contributed by atoms with Crippen molar-refractivity contribution < 1.29 is 28.7 Å². The number of aromatic amines is 1. The number of nitrogens with one attached hydrogen (secondary N) is 3. The Morgan fingerprint density at radius 2 is 1.73 bits per heavy atom. The second-order valence-corrected chi connectivity index (χ2v) is 6.52. The number of aromatic nitrogens is 1. The maximum absolute atomic E-state index is 12.5. The Labute approximate surface area is 174 Å². The zero-order valence-corrected chi connectivity index (χ0v) is 17.4. The smallest absolute Gasteiger partial charge is 0.339 e. The Bertz CT molecular complexity index is 946. The quantitative estimate of drug-likeness (QED) is 0.425. The summed E-state index contributed by atoms with van der Waals surface area (Å²) < 4.78 is 10.1. The largest absolute Gasteiger partial charge is 0.484 e. The second kappa shape index (κ2) is 10.2. The minimum atomic E-state index is -0.618. The van der Waals surface area contributed by atoms with E-state index < -0.39 is 5.97 Å². The van der Waals surface area contributed by atoms with Crippen molar-refractivity contribution in [2.24, 2.45) is 0 Å². The van der Waals surface area contributed by atoms with Crippen LogP contribution in [0.5, 0.6) is 5.75 Å². The number of anilines is 1. The average Bonchev–Trinajstić information content (AvgIpc) is 3.03. The molecule has 0 spiro atoms. The van der Waals surface area contributed by atoms with Crippen LogP contribution in [0.3, 0.4) is 0 Å². The standard InChI is InChI=1S/C21H25N3O6/c1-5-22-18(27)11-30-15-8-6-14(7-9-15)23-17(26)10-16-19(21(28)29-4)12(2)20(24-16)13(3)25/h6-9,24H,5,10-11H2,1-4H3,(H,22,27)(H,23,26). The van der Waals surface area contributed by atoms with Gasteiger partial charge in [0.25, 0.3) is 5.91 Å². The highest BCUT2D eigenvalue weighted by Gasteiger charge is 2.24. The van der Waals surface area contributed by atoms with Crippen molar-refractivity contribution in [3.63, 3.8) is 0 Å². The third-order valence-corrected chi connectivity index (χ3v) is 4.29. The first-order valence-electron chi connectivity index (χ1n) is 9.36. The molecule has 2 rings (SSSR count). The van der Waals surface area contributed by atoms with Crippen molar-refractivity contribution in [1.82, 2.24) is 10.3 Å². The lowest BCUT2D eigenvalue weighted by molar-refractivity contribution is -0.123. The Balaban J connectivity index is 2.05. The Morgan fingerprint density at radius 1 is 1.07 bits per heavy atom. The lowest BCUT2D eigenvalue weighted by atomic mass is 10.1. The number of likely N-dealkylation sites (N-methyl/N-ethyl adjacent to an activating group) is 1. The first-order valence-corrected chi connectivity index (χ1v) is 9.36. The summed E-state index contributed by atoms with van der Waals surface area (Å²) in [6.45, 7) is 5.25. The number of amides is 2. The molecule has 0 bridgehead atoms. The number of hydrogen-bond donors (Lipinski definition) is 3. The lowest BCUT2D eigenvalue weighted by Crippen LogP contribution is -2.28. The number of ketones is 1. The van der Waals surface area contributed by atoms with Crippen LogP contribution in [0.2, 0.25) is 0 Å². The summed E-state index contributed by atoms with van der Waals surface area (Å²) in [5, 5.41) is 5.34. The van der Waals surface area contributed by atoms with Crippen LogP contribution in [0, 0.1) is 6.92 Å². The van der Waals surface area contributed by atoms with Crippen LogP contribution in [-0.2, 0) is 20.7 Å². The highest BCUT2D eigenvalue weighted by atomic mass is 16.5. The summed E-state index contributed by atoms with van der Waals surface area (Å²) in [6, 6.07) is 6.52. The summed E-state index contributed by atoms with van der Waals surface area (Å²) in [4.78, 5) is 50.6. The van der Waals surface area contributed by atoms with Gasteiger partial charge in [-0.25, -0.2) is 4.79 Å². The van der Waals surface area contributed by atoms with Gasteiger partial charge in [-0.05, 0) is 43.7 Å². The molecule has 0 saturated heterocycles. The molecule has 0 unspecified atom stereocenters. The molecule has 2 amide bonds. The van der Waals surface area contributed by atoms with E-state index in [0.29, 0.717) is 29.2 Å². The van der Waals surface area contributed by atoms with Gasteiger partial charge in [0.05, 0.1) is 24.8 Å². The first kappa shape index (κ1) is 22.7. The summed E-state index contributed by atoms with van der Waals surface area (Å²) in [5.41, 5.74) is 1.73. The van der Waals surface area contributed by atoms with Crippen molar-refractivity contribution in [1.29, 1.82) is 0 Å². The number of carbonyl (C=O) groups is 4.